The molecular weight excluding hydrogens is 969 g/mol. The van der Waals surface area contributed by atoms with Crippen LogP contribution < -0.4 is 9.80 Å². The van der Waals surface area contributed by atoms with Gasteiger partial charge in [0.05, 0.1) is 11.4 Å². The fourth-order valence-electron chi connectivity index (χ4n) is 8.49. The van der Waals surface area contributed by atoms with Crippen LogP contribution in [0.25, 0.3) is 27.1 Å². The minimum absolute atomic E-state index is 0.212. The summed E-state index contributed by atoms with van der Waals surface area (Å²) in [5, 5.41) is 3.27. The molecule has 2 aliphatic rings. The summed E-state index contributed by atoms with van der Waals surface area (Å²) >= 11 is 0. The summed E-state index contributed by atoms with van der Waals surface area (Å²) in [6.07, 6.45) is 0.391. The highest BCUT2D eigenvalue weighted by molar-refractivity contribution is 6.17. The minimum atomic E-state index is -0.811. The number of likely N-dealkylation sites (tertiary alicyclic amines) is 1. The molecule has 1 saturated heterocycles. The van der Waals surface area contributed by atoms with Gasteiger partial charge in [-0.2, -0.15) is 9.80 Å². The topological polar surface area (TPSA) is 171 Å². The van der Waals surface area contributed by atoms with Crippen LogP contribution in [0.3, 0.4) is 0 Å². The molecule has 0 atom stereocenters. The number of ether oxygens (including phenoxy) is 6. The number of carbonyl (C=O) groups excluding carboxylic acids is 6. The van der Waals surface area contributed by atoms with Crippen LogP contribution in [-0.2, 0) is 28.4 Å². The van der Waals surface area contributed by atoms with Crippen molar-refractivity contribution in [1.82, 2.24) is 9.80 Å². The summed E-state index contributed by atoms with van der Waals surface area (Å²) in [6.45, 7) is 34.3. The number of amides is 6. The number of piperidine rings is 1. The van der Waals surface area contributed by atoms with Crippen LogP contribution in [-0.4, -0.2) is 106 Å². The molecule has 2 heterocycles. The maximum absolute atomic E-state index is 13.3. The van der Waals surface area contributed by atoms with Crippen molar-refractivity contribution in [3.8, 4) is 0 Å². The van der Waals surface area contributed by atoms with Crippen LogP contribution in [0.5, 0.6) is 0 Å². The Morgan fingerprint density at radius 2 is 0.776 bits per heavy atom. The first-order valence-corrected chi connectivity index (χ1v) is 26.1. The Hall–Kier alpha value is -6.84. The maximum atomic E-state index is 13.3. The second-order valence-corrected chi connectivity index (χ2v) is 25.1. The molecule has 76 heavy (non-hydrogen) atoms. The van der Waals surface area contributed by atoms with E-state index in [9.17, 15) is 28.8 Å². The van der Waals surface area contributed by atoms with Crippen molar-refractivity contribution in [1.29, 1.82) is 0 Å². The lowest BCUT2D eigenvalue weighted by Crippen LogP contribution is -2.44. The Morgan fingerprint density at radius 1 is 0.421 bits per heavy atom. The number of rotatable bonds is 4. The van der Waals surface area contributed by atoms with E-state index in [1.165, 1.54) is 0 Å². The van der Waals surface area contributed by atoms with Crippen molar-refractivity contribution in [3.63, 3.8) is 0 Å². The number of anilines is 2. The molecular formula is C60H82N4O12. The molecule has 0 spiro atoms. The van der Waals surface area contributed by atoms with Crippen LogP contribution in [0, 0.1) is 0 Å². The highest BCUT2D eigenvalue weighted by atomic mass is 16.6. The molecule has 6 rings (SSSR count). The lowest BCUT2D eigenvalue weighted by molar-refractivity contribution is 0.0202. The quantitative estimate of drug-likeness (QED) is 0.177. The van der Waals surface area contributed by atoms with E-state index in [2.05, 4.69) is 0 Å². The van der Waals surface area contributed by atoms with Gasteiger partial charge in [-0.25, -0.2) is 28.8 Å². The van der Waals surface area contributed by atoms with E-state index >= 15 is 0 Å². The molecule has 0 aliphatic carbocycles. The van der Waals surface area contributed by atoms with Crippen LogP contribution >= 0.6 is 0 Å². The minimum Gasteiger partial charge on any atom is -0.444 e. The normalized spacial score (nSPS) is 14.9. The van der Waals surface area contributed by atoms with Crippen LogP contribution in [0.4, 0.5) is 40.1 Å². The number of imide groups is 2. The van der Waals surface area contributed by atoms with Gasteiger partial charge >= 0.3 is 36.6 Å². The van der Waals surface area contributed by atoms with Gasteiger partial charge in [-0.3, -0.25) is 0 Å². The van der Waals surface area contributed by atoms with Gasteiger partial charge in [-0.05, 0) is 189 Å². The zero-order valence-electron chi connectivity index (χ0n) is 48.2. The molecule has 16 heteroatoms. The predicted molar refractivity (Wildman–Crippen MR) is 298 cm³/mol. The van der Waals surface area contributed by atoms with E-state index in [-0.39, 0.29) is 18.1 Å². The summed E-state index contributed by atoms with van der Waals surface area (Å²) in [7, 11) is 0. The molecule has 2 aliphatic heterocycles. The number of benzene rings is 4. The largest absolute Gasteiger partial charge is 0.444 e. The highest BCUT2D eigenvalue weighted by Gasteiger charge is 2.37. The molecule has 414 valence electrons. The molecule has 4 aromatic rings. The van der Waals surface area contributed by atoms with Gasteiger partial charge in [0.2, 0.25) is 0 Å². The van der Waals surface area contributed by atoms with Crippen LogP contribution in [0.15, 0.2) is 78.9 Å². The second-order valence-electron chi connectivity index (χ2n) is 25.1. The monoisotopic (exact) mass is 1050 g/mol. The van der Waals surface area contributed by atoms with E-state index in [0.29, 0.717) is 49.4 Å². The van der Waals surface area contributed by atoms with Gasteiger partial charge in [-0.1, -0.05) is 66.7 Å². The lowest BCUT2D eigenvalue weighted by atomic mass is 9.86. The van der Waals surface area contributed by atoms with Gasteiger partial charge in [0.1, 0.15) is 33.6 Å². The van der Waals surface area contributed by atoms with E-state index in [0.717, 1.165) is 55.5 Å². The summed E-state index contributed by atoms with van der Waals surface area (Å²) in [4.78, 5) is 83.4. The van der Waals surface area contributed by atoms with Gasteiger partial charge in [0.25, 0.3) is 0 Å². The van der Waals surface area contributed by atoms with E-state index in [1.807, 2.05) is 108 Å². The summed E-state index contributed by atoms with van der Waals surface area (Å²) < 4.78 is 33.4. The molecule has 0 N–H and O–H groups in total. The highest BCUT2D eigenvalue weighted by Crippen LogP contribution is 2.40. The summed E-state index contributed by atoms with van der Waals surface area (Å²) in [5.74, 6) is 0.212. The van der Waals surface area contributed by atoms with Crippen molar-refractivity contribution < 1.29 is 57.2 Å². The molecule has 16 nitrogen and oxygen atoms in total. The summed E-state index contributed by atoms with van der Waals surface area (Å²) in [5.41, 5.74) is -0.352. The number of carbonyl (C=O) groups is 6. The van der Waals surface area contributed by atoms with Gasteiger partial charge < -0.3 is 38.2 Å². The average molecular weight is 1050 g/mol. The third kappa shape index (κ3) is 17.1. The third-order valence-corrected chi connectivity index (χ3v) is 11.4. The van der Waals surface area contributed by atoms with Crippen molar-refractivity contribution in [2.45, 2.75) is 183 Å². The maximum Gasteiger partial charge on any atom is 0.424 e. The number of hydrogen-bond donors (Lipinski definition) is 0. The lowest BCUT2D eigenvalue weighted by Gasteiger charge is -2.34. The second kappa shape index (κ2) is 23.2. The van der Waals surface area contributed by atoms with Gasteiger partial charge in [0.15, 0.2) is 0 Å². The standard InChI is InChI=1S/C30H42N2O6.C30H40N2O6/c2*1-28(2,3)36-25(33)31-18-16-20(17-19-31)21-14-15-24(23-13-11-10-12-22(21)23)32(26(34)37-29(4,5)6)27(35)38-30(7,8)9/h10-15,20H,16-19H2,1-9H3;10-16H,17-19H2,1-9H3. The van der Waals surface area contributed by atoms with E-state index in [1.54, 1.807) is 105 Å². The van der Waals surface area contributed by atoms with Crippen LogP contribution in [0.2, 0.25) is 0 Å². The Morgan fingerprint density at radius 3 is 1.16 bits per heavy atom. The molecule has 0 bridgehead atoms. The van der Waals surface area contributed by atoms with Crippen molar-refractivity contribution in [2.24, 2.45) is 0 Å². The molecule has 4 aromatic carbocycles. The fraction of sp³-hybridized carbons (Fsp3) is 0.533. The Labute approximate surface area is 449 Å². The molecule has 0 unspecified atom stereocenters. The predicted octanol–water partition coefficient (Wildman–Crippen LogP) is 15.2. The van der Waals surface area contributed by atoms with E-state index in [4.69, 9.17) is 28.4 Å². The van der Waals surface area contributed by atoms with Gasteiger partial charge in [0, 0.05) is 37.0 Å². The van der Waals surface area contributed by atoms with Crippen molar-refractivity contribution in [2.75, 3.05) is 36.0 Å². The first-order valence-electron chi connectivity index (χ1n) is 26.1. The Bertz CT molecular complexity index is 2750. The Kier molecular flexibility index (Phi) is 18.3. The number of fused-ring (bicyclic) bond motifs is 2. The van der Waals surface area contributed by atoms with E-state index < -0.39 is 58.0 Å². The van der Waals surface area contributed by atoms with Gasteiger partial charge in [-0.15, -0.1) is 0 Å². The summed E-state index contributed by atoms with van der Waals surface area (Å²) in [6, 6.07) is 22.7. The van der Waals surface area contributed by atoms with Crippen LogP contribution in [0.1, 0.15) is 161 Å². The smallest absolute Gasteiger partial charge is 0.424 e. The molecule has 6 amide bonds. The number of hydrogen-bond acceptors (Lipinski definition) is 12. The first kappa shape index (κ1) is 60.0. The average Bonchev–Trinajstić information content (AvgIpc) is 3.26. The molecule has 1 fully saturated rings. The van der Waals surface area contributed by atoms with Crippen molar-refractivity contribution in [3.05, 3.63) is 90.0 Å². The SMILES string of the molecule is CC(C)(C)OC(=O)N1CC=C(c2ccc(N(C(=O)OC(C)(C)C)C(=O)OC(C)(C)C)c3ccccc23)CC1.CC(C)(C)OC(=O)N1CCC(c2ccc(N(C(=O)OC(C)(C)C)C(=O)OC(C)(C)C)c3ccccc23)CC1. The number of nitrogens with zero attached hydrogens (tertiary/aromatic N) is 4. The molecule has 0 aromatic heterocycles. The zero-order chi connectivity index (χ0) is 56.9. The molecule has 0 saturated carbocycles. The zero-order valence-corrected chi connectivity index (χ0v) is 48.2. The first-order chi connectivity index (χ1) is 34.9. The van der Waals surface area contributed by atoms with Crippen molar-refractivity contribution >= 4 is 75.1 Å². The molecule has 0 radical (unpaired) electrons. The third-order valence-electron chi connectivity index (χ3n) is 11.4. The fourth-order valence-corrected chi connectivity index (χ4v) is 8.49. The Balaban J connectivity index is 0.000000281.